The molecule has 0 bridgehead atoms. The molecular formula is C12H14N2O3. The standard InChI is InChI=1S/C12H14N2O3/c1-3-4-14-9(6-15)13-10-11(14)8(16)5-7(2)12(10)17/h5,15H,3-4,6H2,1-2H3. The molecule has 1 N–H and O–H groups in total. The number of ketones is 2. The Kier molecular flexibility index (Phi) is 2.93. The zero-order valence-corrected chi connectivity index (χ0v) is 9.86. The number of allylic oxidation sites excluding steroid dienone is 2. The Morgan fingerprint density at radius 1 is 1.41 bits per heavy atom. The maximum atomic E-state index is 11.9. The second-order valence-electron chi connectivity index (χ2n) is 4.06. The van der Waals surface area contributed by atoms with Gasteiger partial charge in [0.1, 0.15) is 23.8 Å². The van der Waals surface area contributed by atoms with Gasteiger partial charge < -0.3 is 9.67 Å². The Bertz CT molecular complexity index is 526. The highest BCUT2D eigenvalue weighted by molar-refractivity contribution is 6.22. The summed E-state index contributed by atoms with van der Waals surface area (Å²) in [6.45, 7) is 3.86. The van der Waals surface area contributed by atoms with Crippen LogP contribution in [0.2, 0.25) is 0 Å². The Morgan fingerprint density at radius 3 is 2.71 bits per heavy atom. The summed E-state index contributed by atoms with van der Waals surface area (Å²) < 4.78 is 1.64. The van der Waals surface area contributed by atoms with Crippen molar-refractivity contribution in [1.82, 2.24) is 9.55 Å². The number of carbonyl (C=O) groups is 2. The van der Waals surface area contributed by atoms with E-state index in [9.17, 15) is 14.7 Å². The third-order valence-corrected chi connectivity index (χ3v) is 2.79. The fourth-order valence-corrected chi connectivity index (χ4v) is 2.01. The second-order valence-corrected chi connectivity index (χ2v) is 4.06. The zero-order valence-electron chi connectivity index (χ0n) is 9.86. The number of aliphatic hydroxyl groups excluding tert-OH is 1. The molecule has 0 aliphatic heterocycles. The lowest BCUT2D eigenvalue weighted by Gasteiger charge is -2.11. The first-order chi connectivity index (χ1) is 8.10. The largest absolute Gasteiger partial charge is 0.388 e. The van der Waals surface area contributed by atoms with Gasteiger partial charge in [-0.15, -0.1) is 0 Å². The van der Waals surface area contributed by atoms with Crippen LogP contribution >= 0.6 is 0 Å². The summed E-state index contributed by atoms with van der Waals surface area (Å²) in [5.74, 6) is -0.0662. The van der Waals surface area contributed by atoms with Gasteiger partial charge in [-0.05, 0) is 19.4 Å². The minimum Gasteiger partial charge on any atom is -0.388 e. The molecule has 90 valence electrons. The Balaban J connectivity index is 2.63. The Labute approximate surface area is 98.8 Å². The van der Waals surface area contributed by atoms with Crippen LogP contribution in [0.3, 0.4) is 0 Å². The first kappa shape index (κ1) is 11.7. The number of hydrogen-bond acceptors (Lipinski definition) is 4. The number of Topliss-reactive ketones (excluding diaryl/α,β-unsaturated/α-hetero) is 1. The van der Waals surface area contributed by atoms with Crippen LogP contribution in [0, 0.1) is 0 Å². The molecule has 1 heterocycles. The minimum atomic E-state index is -0.271. The van der Waals surface area contributed by atoms with E-state index in [1.807, 2.05) is 6.92 Å². The van der Waals surface area contributed by atoms with Crippen molar-refractivity contribution < 1.29 is 14.7 Å². The van der Waals surface area contributed by atoms with E-state index in [0.29, 0.717) is 23.6 Å². The van der Waals surface area contributed by atoms with Gasteiger partial charge in [0.2, 0.25) is 11.6 Å². The Morgan fingerprint density at radius 2 is 2.12 bits per heavy atom. The third-order valence-electron chi connectivity index (χ3n) is 2.79. The first-order valence-corrected chi connectivity index (χ1v) is 5.57. The topological polar surface area (TPSA) is 72.2 Å². The Hall–Kier alpha value is -1.75. The predicted octanol–water partition coefficient (Wildman–Crippen LogP) is 1.11. The van der Waals surface area contributed by atoms with E-state index in [-0.39, 0.29) is 23.9 Å². The average molecular weight is 234 g/mol. The van der Waals surface area contributed by atoms with Gasteiger partial charge in [-0.2, -0.15) is 0 Å². The highest BCUT2D eigenvalue weighted by Crippen LogP contribution is 2.22. The molecule has 5 heteroatoms. The van der Waals surface area contributed by atoms with Crippen LogP contribution in [0.5, 0.6) is 0 Å². The number of hydrogen-bond donors (Lipinski definition) is 1. The van der Waals surface area contributed by atoms with Gasteiger partial charge in [-0.25, -0.2) is 4.98 Å². The molecule has 1 aromatic heterocycles. The number of rotatable bonds is 3. The van der Waals surface area contributed by atoms with Gasteiger partial charge in [-0.3, -0.25) is 9.59 Å². The lowest BCUT2D eigenvalue weighted by molar-refractivity contribution is 0.0976. The van der Waals surface area contributed by atoms with Crippen LogP contribution in [0.1, 0.15) is 47.1 Å². The maximum Gasteiger partial charge on any atom is 0.209 e. The van der Waals surface area contributed by atoms with Crippen molar-refractivity contribution in [1.29, 1.82) is 0 Å². The highest BCUT2D eigenvalue weighted by atomic mass is 16.3. The summed E-state index contributed by atoms with van der Waals surface area (Å²) in [6.07, 6.45) is 2.14. The molecular weight excluding hydrogens is 220 g/mol. The van der Waals surface area contributed by atoms with Gasteiger partial charge in [0.15, 0.2) is 0 Å². The average Bonchev–Trinajstić information content (AvgIpc) is 2.66. The van der Waals surface area contributed by atoms with Gasteiger partial charge in [0, 0.05) is 12.1 Å². The molecule has 5 nitrogen and oxygen atoms in total. The SMILES string of the molecule is CCCn1c(CO)nc2c1C(=O)C=C(C)C2=O. The van der Waals surface area contributed by atoms with Crippen molar-refractivity contribution in [2.24, 2.45) is 0 Å². The van der Waals surface area contributed by atoms with E-state index in [0.717, 1.165) is 6.42 Å². The molecule has 0 spiro atoms. The summed E-state index contributed by atoms with van der Waals surface area (Å²) in [5.41, 5.74) is 0.882. The van der Waals surface area contributed by atoms with Crippen LogP contribution in [0.25, 0.3) is 0 Å². The third kappa shape index (κ3) is 1.72. The zero-order chi connectivity index (χ0) is 12.6. The van der Waals surface area contributed by atoms with Gasteiger partial charge in [-0.1, -0.05) is 6.92 Å². The van der Waals surface area contributed by atoms with E-state index in [4.69, 9.17) is 0 Å². The highest BCUT2D eigenvalue weighted by Gasteiger charge is 2.30. The summed E-state index contributed by atoms with van der Waals surface area (Å²) in [6, 6.07) is 0. The first-order valence-electron chi connectivity index (χ1n) is 5.57. The molecule has 0 saturated carbocycles. The molecule has 2 rings (SSSR count). The summed E-state index contributed by atoms with van der Waals surface area (Å²) in [7, 11) is 0. The normalized spacial score (nSPS) is 14.9. The lowest BCUT2D eigenvalue weighted by Crippen LogP contribution is -2.19. The molecule has 1 aliphatic carbocycles. The van der Waals surface area contributed by atoms with Crippen LogP contribution in [0.4, 0.5) is 0 Å². The van der Waals surface area contributed by atoms with Gasteiger partial charge in [0.05, 0.1) is 0 Å². The molecule has 0 aromatic carbocycles. The predicted molar refractivity (Wildman–Crippen MR) is 60.9 cm³/mol. The quantitative estimate of drug-likeness (QED) is 0.850. The molecule has 1 aliphatic rings. The van der Waals surface area contributed by atoms with E-state index >= 15 is 0 Å². The van der Waals surface area contributed by atoms with Gasteiger partial charge >= 0.3 is 0 Å². The fraction of sp³-hybridized carbons (Fsp3) is 0.417. The number of carbonyl (C=O) groups excluding carboxylic acids is 2. The van der Waals surface area contributed by atoms with Crippen molar-refractivity contribution in [2.45, 2.75) is 33.4 Å². The summed E-state index contributed by atoms with van der Waals surface area (Å²) in [4.78, 5) is 27.8. The molecule has 1 aromatic rings. The summed E-state index contributed by atoms with van der Waals surface area (Å²) >= 11 is 0. The molecule has 0 fully saturated rings. The monoisotopic (exact) mass is 234 g/mol. The van der Waals surface area contributed by atoms with E-state index in [2.05, 4.69) is 4.98 Å². The maximum absolute atomic E-state index is 11.9. The van der Waals surface area contributed by atoms with E-state index < -0.39 is 0 Å². The number of imidazole rings is 1. The van der Waals surface area contributed by atoms with Crippen LogP contribution in [-0.4, -0.2) is 26.2 Å². The number of fused-ring (bicyclic) bond motifs is 1. The van der Waals surface area contributed by atoms with Crippen molar-refractivity contribution in [2.75, 3.05) is 0 Å². The van der Waals surface area contributed by atoms with Crippen molar-refractivity contribution >= 4 is 11.6 Å². The van der Waals surface area contributed by atoms with Crippen LogP contribution in [-0.2, 0) is 13.2 Å². The lowest BCUT2D eigenvalue weighted by atomic mass is 9.99. The van der Waals surface area contributed by atoms with Crippen molar-refractivity contribution in [3.05, 3.63) is 28.9 Å². The van der Waals surface area contributed by atoms with E-state index in [1.165, 1.54) is 6.08 Å². The minimum absolute atomic E-state index is 0.174. The van der Waals surface area contributed by atoms with E-state index in [1.54, 1.807) is 11.5 Å². The number of nitrogens with zero attached hydrogens (tertiary/aromatic N) is 2. The molecule has 0 atom stereocenters. The van der Waals surface area contributed by atoms with Crippen LogP contribution < -0.4 is 0 Å². The van der Waals surface area contributed by atoms with Crippen LogP contribution in [0.15, 0.2) is 11.6 Å². The molecule has 0 saturated heterocycles. The number of aliphatic hydroxyl groups is 1. The molecule has 0 amide bonds. The second kappa shape index (κ2) is 4.25. The van der Waals surface area contributed by atoms with Crippen molar-refractivity contribution in [3.8, 4) is 0 Å². The molecule has 17 heavy (non-hydrogen) atoms. The molecule has 0 unspecified atom stereocenters. The smallest absolute Gasteiger partial charge is 0.209 e. The molecule has 0 radical (unpaired) electrons. The van der Waals surface area contributed by atoms with Crippen molar-refractivity contribution in [3.63, 3.8) is 0 Å². The summed E-state index contributed by atoms with van der Waals surface area (Å²) in [5, 5.41) is 9.21. The van der Waals surface area contributed by atoms with Gasteiger partial charge in [0.25, 0.3) is 0 Å². The number of aromatic nitrogens is 2. The fourth-order valence-electron chi connectivity index (χ4n) is 2.01.